The molecule has 0 aromatic heterocycles. The van der Waals surface area contributed by atoms with Gasteiger partial charge < -0.3 is 19.5 Å². The first-order chi connectivity index (χ1) is 18.3. The maximum atomic E-state index is 13.2. The highest BCUT2D eigenvalue weighted by Crippen LogP contribution is 2.27. The van der Waals surface area contributed by atoms with Gasteiger partial charge in [-0.3, -0.25) is 4.79 Å². The summed E-state index contributed by atoms with van der Waals surface area (Å²) in [6, 6.07) is 11.2. The Morgan fingerprint density at radius 1 is 1.05 bits per heavy atom. The van der Waals surface area contributed by atoms with Gasteiger partial charge in [0.1, 0.15) is 23.4 Å². The number of hydrogen-bond donors (Lipinski definition) is 1. The van der Waals surface area contributed by atoms with Gasteiger partial charge in [0.2, 0.25) is 15.9 Å². The third-order valence-corrected chi connectivity index (χ3v) is 8.00. The Morgan fingerprint density at radius 3 is 2.28 bits per heavy atom. The molecule has 10 nitrogen and oxygen atoms in total. The quantitative estimate of drug-likeness (QED) is 0.440. The molecule has 1 N–H and O–H groups in total. The first kappa shape index (κ1) is 30.1. The molecule has 1 aliphatic rings. The zero-order chi connectivity index (χ0) is 28.8. The van der Waals surface area contributed by atoms with Gasteiger partial charge in [-0.1, -0.05) is 29.8 Å². The molecule has 2 atom stereocenters. The molecule has 3 rings (SSSR count). The Labute approximate surface area is 229 Å². The van der Waals surface area contributed by atoms with Crippen molar-refractivity contribution in [2.45, 2.75) is 69.5 Å². The van der Waals surface area contributed by atoms with Gasteiger partial charge in [0, 0.05) is 13.0 Å². The second kappa shape index (κ2) is 12.6. The van der Waals surface area contributed by atoms with Gasteiger partial charge in [-0.2, -0.15) is 4.31 Å². The number of nitrogens with zero attached hydrogens (tertiary/aromatic N) is 1. The van der Waals surface area contributed by atoms with E-state index in [0.717, 1.165) is 5.56 Å². The fraction of sp³-hybridized carbons (Fsp3) is 0.464. The minimum Gasteiger partial charge on any atom is -0.482 e. The van der Waals surface area contributed by atoms with Crippen LogP contribution in [0.25, 0.3) is 0 Å². The highest BCUT2D eigenvalue weighted by molar-refractivity contribution is 7.89. The van der Waals surface area contributed by atoms with Crippen LogP contribution in [0, 0.1) is 6.92 Å². The van der Waals surface area contributed by atoms with E-state index in [4.69, 9.17) is 14.2 Å². The summed E-state index contributed by atoms with van der Waals surface area (Å²) in [6.45, 7) is 7.12. The van der Waals surface area contributed by atoms with E-state index in [-0.39, 0.29) is 24.5 Å². The zero-order valence-corrected chi connectivity index (χ0v) is 23.7. The molecular formula is C28H36N2O8S. The molecule has 39 heavy (non-hydrogen) atoms. The molecule has 212 valence electrons. The molecule has 1 amide bonds. The van der Waals surface area contributed by atoms with E-state index < -0.39 is 45.6 Å². The highest BCUT2D eigenvalue weighted by atomic mass is 32.2. The van der Waals surface area contributed by atoms with Gasteiger partial charge in [-0.25, -0.2) is 18.0 Å². The molecular weight excluding hydrogens is 524 g/mol. The van der Waals surface area contributed by atoms with Gasteiger partial charge in [0.05, 0.1) is 12.0 Å². The molecule has 0 aliphatic carbocycles. The van der Waals surface area contributed by atoms with Crippen molar-refractivity contribution in [2.75, 3.05) is 20.3 Å². The summed E-state index contributed by atoms with van der Waals surface area (Å²) in [4.78, 5) is 37.7. The van der Waals surface area contributed by atoms with Gasteiger partial charge in [0.25, 0.3) is 0 Å². The van der Waals surface area contributed by atoms with Crippen molar-refractivity contribution >= 4 is 27.9 Å². The van der Waals surface area contributed by atoms with Gasteiger partial charge in [-0.05, 0) is 70.4 Å². The smallest absolute Gasteiger partial charge is 0.344 e. The number of nitrogens with one attached hydrogen (secondary N) is 1. The molecule has 2 aromatic rings. The van der Waals surface area contributed by atoms with Crippen molar-refractivity contribution in [2.24, 2.45) is 0 Å². The summed E-state index contributed by atoms with van der Waals surface area (Å²) < 4.78 is 43.2. The van der Waals surface area contributed by atoms with Crippen LogP contribution >= 0.6 is 0 Å². The van der Waals surface area contributed by atoms with E-state index in [9.17, 15) is 22.8 Å². The number of benzene rings is 2. The van der Waals surface area contributed by atoms with Crippen molar-refractivity contribution in [3.05, 3.63) is 59.7 Å². The van der Waals surface area contributed by atoms with Crippen LogP contribution in [0.2, 0.25) is 0 Å². The van der Waals surface area contributed by atoms with Crippen LogP contribution in [0.4, 0.5) is 0 Å². The lowest BCUT2D eigenvalue weighted by Gasteiger charge is -2.25. The van der Waals surface area contributed by atoms with Crippen LogP contribution in [0.3, 0.4) is 0 Å². The Bertz CT molecular complexity index is 1270. The van der Waals surface area contributed by atoms with Crippen LogP contribution in [0.1, 0.15) is 44.7 Å². The lowest BCUT2D eigenvalue weighted by atomic mass is 10.0. The predicted molar refractivity (Wildman–Crippen MR) is 144 cm³/mol. The number of esters is 2. The summed E-state index contributed by atoms with van der Waals surface area (Å²) >= 11 is 0. The lowest BCUT2D eigenvalue weighted by molar-refractivity contribution is -0.157. The van der Waals surface area contributed by atoms with Crippen LogP contribution in [0.15, 0.2) is 53.4 Å². The number of methoxy groups -OCH3 is 1. The minimum atomic E-state index is -3.89. The number of carbonyl (C=O) groups excluding carboxylic acids is 3. The van der Waals surface area contributed by atoms with Crippen molar-refractivity contribution in [1.29, 1.82) is 0 Å². The fourth-order valence-electron chi connectivity index (χ4n) is 4.21. The maximum Gasteiger partial charge on any atom is 0.344 e. The molecule has 11 heteroatoms. The number of rotatable bonds is 10. The number of sulfonamides is 1. The highest BCUT2D eigenvalue weighted by Gasteiger charge is 2.40. The van der Waals surface area contributed by atoms with Gasteiger partial charge in [-0.15, -0.1) is 0 Å². The first-order valence-corrected chi connectivity index (χ1v) is 14.1. The number of hydrogen-bond acceptors (Lipinski definition) is 8. The summed E-state index contributed by atoms with van der Waals surface area (Å²) in [6.07, 6.45) is 0.980. The summed E-state index contributed by atoms with van der Waals surface area (Å²) in [7, 11) is -2.67. The van der Waals surface area contributed by atoms with Crippen molar-refractivity contribution < 1.29 is 37.0 Å². The molecule has 0 bridgehead atoms. The molecule has 1 fully saturated rings. The van der Waals surface area contributed by atoms with Crippen LogP contribution in [0.5, 0.6) is 5.75 Å². The molecule has 1 saturated heterocycles. The van der Waals surface area contributed by atoms with Crippen LogP contribution < -0.4 is 10.1 Å². The number of ether oxygens (including phenoxy) is 3. The maximum absolute atomic E-state index is 13.2. The minimum absolute atomic E-state index is 0.113. The SMILES string of the molecule is COC(=O)[C@H](Cc1ccc(OCC(=O)OC(C)(C)C)cc1)NC(=O)[C@@H]1CCCN1S(=O)(=O)c1ccc(C)cc1. The standard InChI is InChI=1S/C28H36N2O8S/c1-19-8-14-22(15-9-19)39(34,35)30-16-6-7-24(30)26(32)29-23(27(33)36-5)17-20-10-12-21(13-11-20)37-18-25(31)38-28(2,3)4/h8-15,23-24H,6-7,16-18H2,1-5H3,(H,29,32)/t23-,24-/m0/s1. The first-order valence-electron chi connectivity index (χ1n) is 12.7. The average molecular weight is 561 g/mol. The van der Waals surface area contributed by atoms with E-state index in [2.05, 4.69) is 5.32 Å². The van der Waals surface area contributed by atoms with Gasteiger partial charge >= 0.3 is 11.9 Å². The predicted octanol–water partition coefficient (Wildman–Crippen LogP) is 2.77. The number of amides is 1. The summed E-state index contributed by atoms with van der Waals surface area (Å²) in [5.74, 6) is -1.27. The molecule has 2 aromatic carbocycles. The molecule has 1 heterocycles. The van der Waals surface area contributed by atoms with E-state index in [1.807, 2.05) is 6.92 Å². The summed E-state index contributed by atoms with van der Waals surface area (Å²) in [5, 5.41) is 2.69. The summed E-state index contributed by atoms with van der Waals surface area (Å²) in [5.41, 5.74) is 1.01. The van der Waals surface area contributed by atoms with E-state index in [0.29, 0.717) is 24.2 Å². The Balaban J connectivity index is 1.66. The average Bonchev–Trinajstić information content (AvgIpc) is 3.38. The second-order valence-electron chi connectivity index (χ2n) is 10.4. The number of aryl methyl sites for hydroxylation is 1. The van der Waals surface area contributed by atoms with E-state index in [1.165, 1.54) is 23.5 Å². The Kier molecular flexibility index (Phi) is 9.73. The monoisotopic (exact) mass is 560 g/mol. The van der Waals surface area contributed by atoms with Crippen LogP contribution in [-0.4, -0.2) is 68.5 Å². The van der Waals surface area contributed by atoms with Crippen molar-refractivity contribution in [3.8, 4) is 5.75 Å². The molecule has 1 aliphatic heterocycles. The molecule has 0 saturated carbocycles. The van der Waals surface area contributed by atoms with E-state index in [1.54, 1.807) is 57.2 Å². The Hall–Kier alpha value is -3.44. The van der Waals surface area contributed by atoms with E-state index >= 15 is 0 Å². The third kappa shape index (κ3) is 8.27. The Morgan fingerprint density at radius 2 is 1.69 bits per heavy atom. The second-order valence-corrected chi connectivity index (χ2v) is 12.3. The lowest BCUT2D eigenvalue weighted by Crippen LogP contribution is -2.51. The fourth-order valence-corrected chi connectivity index (χ4v) is 5.87. The normalized spacial score (nSPS) is 16.8. The largest absolute Gasteiger partial charge is 0.482 e. The molecule has 0 spiro atoms. The van der Waals surface area contributed by atoms with Gasteiger partial charge in [0.15, 0.2) is 6.61 Å². The third-order valence-electron chi connectivity index (χ3n) is 6.08. The van der Waals surface area contributed by atoms with Crippen molar-refractivity contribution in [1.82, 2.24) is 9.62 Å². The van der Waals surface area contributed by atoms with Crippen LogP contribution in [-0.2, 0) is 40.3 Å². The molecule has 0 unspecified atom stereocenters. The molecule has 0 radical (unpaired) electrons. The topological polar surface area (TPSA) is 128 Å². The number of carbonyl (C=O) groups is 3. The zero-order valence-electron chi connectivity index (χ0n) is 22.9. The van der Waals surface area contributed by atoms with Crippen molar-refractivity contribution in [3.63, 3.8) is 0 Å².